The van der Waals surface area contributed by atoms with Crippen LogP contribution in [0.5, 0.6) is 0 Å². The molecule has 1 rings (SSSR count). The van der Waals surface area contributed by atoms with E-state index >= 15 is 0 Å². The molecular weight excluding hydrogens is 216 g/mol. The van der Waals surface area contributed by atoms with Crippen molar-refractivity contribution < 1.29 is 9.53 Å². The molecule has 1 N–H and O–H groups in total. The third-order valence-corrected chi connectivity index (χ3v) is 3.43. The minimum absolute atomic E-state index is 0.245. The number of nitrogens with zero attached hydrogens (tertiary/aromatic N) is 1. The molecule has 0 bridgehead atoms. The molecule has 1 amide bonds. The van der Waals surface area contributed by atoms with Crippen LogP contribution < -0.4 is 5.32 Å². The number of hydrogen-bond donors (Lipinski definition) is 1. The lowest BCUT2D eigenvalue weighted by Gasteiger charge is -2.29. The van der Waals surface area contributed by atoms with Gasteiger partial charge in [0.05, 0.1) is 13.2 Å². The first-order valence-electron chi connectivity index (χ1n) is 6.78. The van der Waals surface area contributed by atoms with E-state index in [1.165, 1.54) is 19.3 Å². The Bertz CT molecular complexity index is 221. The molecule has 4 nitrogen and oxygen atoms in total. The number of likely N-dealkylation sites (tertiary alicyclic amines) is 1. The number of ether oxygens (including phenoxy) is 1. The van der Waals surface area contributed by atoms with Crippen LogP contribution in [0, 0.1) is 0 Å². The first-order chi connectivity index (χ1) is 8.29. The van der Waals surface area contributed by atoms with E-state index in [0.29, 0.717) is 19.2 Å². The van der Waals surface area contributed by atoms with Gasteiger partial charge in [-0.15, -0.1) is 0 Å². The predicted molar refractivity (Wildman–Crippen MR) is 69.0 cm³/mol. The highest BCUT2D eigenvalue weighted by Gasteiger charge is 2.23. The Balaban J connectivity index is 2.35. The van der Waals surface area contributed by atoms with Crippen LogP contribution in [0.2, 0.25) is 0 Å². The first-order valence-corrected chi connectivity index (χ1v) is 6.78. The van der Waals surface area contributed by atoms with Crippen LogP contribution in [0.15, 0.2) is 0 Å². The zero-order valence-electron chi connectivity index (χ0n) is 11.2. The smallest absolute Gasteiger partial charge is 0.236 e. The number of hydrogen-bond acceptors (Lipinski definition) is 3. The maximum Gasteiger partial charge on any atom is 0.236 e. The maximum absolute atomic E-state index is 12.1. The largest absolute Gasteiger partial charge is 0.383 e. The number of amides is 1. The maximum atomic E-state index is 12.1. The molecule has 0 aromatic rings. The van der Waals surface area contributed by atoms with Crippen molar-refractivity contribution >= 4 is 5.91 Å². The van der Waals surface area contributed by atoms with Crippen molar-refractivity contribution in [3.63, 3.8) is 0 Å². The minimum atomic E-state index is 0.245. The van der Waals surface area contributed by atoms with E-state index in [2.05, 4.69) is 17.1 Å². The number of carbonyl (C=O) groups excluding carboxylic acids is 1. The van der Waals surface area contributed by atoms with Crippen LogP contribution in [0.3, 0.4) is 0 Å². The fraction of sp³-hybridized carbons (Fsp3) is 0.923. The van der Waals surface area contributed by atoms with E-state index in [4.69, 9.17) is 4.74 Å². The van der Waals surface area contributed by atoms with Crippen molar-refractivity contribution in [2.75, 3.05) is 33.4 Å². The van der Waals surface area contributed by atoms with E-state index in [1.54, 1.807) is 7.11 Å². The van der Waals surface area contributed by atoms with E-state index < -0.39 is 0 Å². The molecule has 1 atom stereocenters. The third-order valence-electron chi connectivity index (χ3n) is 3.43. The van der Waals surface area contributed by atoms with Gasteiger partial charge >= 0.3 is 0 Å². The van der Waals surface area contributed by atoms with E-state index in [1.807, 2.05) is 0 Å². The summed E-state index contributed by atoms with van der Waals surface area (Å²) in [4.78, 5) is 14.2. The van der Waals surface area contributed by atoms with E-state index in [9.17, 15) is 4.79 Å². The summed E-state index contributed by atoms with van der Waals surface area (Å²) >= 11 is 0. The third kappa shape index (κ3) is 5.04. The van der Waals surface area contributed by atoms with Gasteiger partial charge in [-0.1, -0.05) is 19.8 Å². The molecule has 0 aromatic carbocycles. The van der Waals surface area contributed by atoms with Gasteiger partial charge in [0.2, 0.25) is 5.91 Å². The fourth-order valence-electron chi connectivity index (χ4n) is 2.40. The molecule has 1 aliphatic heterocycles. The van der Waals surface area contributed by atoms with Gasteiger partial charge in [0, 0.05) is 26.2 Å². The Morgan fingerprint density at radius 2 is 2.24 bits per heavy atom. The molecule has 1 saturated heterocycles. The molecule has 1 unspecified atom stereocenters. The minimum Gasteiger partial charge on any atom is -0.383 e. The van der Waals surface area contributed by atoms with Gasteiger partial charge in [-0.25, -0.2) is 0 Å². The van der Waals surface area contributed by atoms with E-state index in [0.717, 1.165) is 25.9 Å². The molecule has 17 heavy (non-hydrogen) atoms. The summed E-state index contributed by atoms with van der Waals surface area (Å²) in [6.45, 7) is 4.95. The normalized spacial score (nSPS) is 21.3. The monoisotopic (exact) mass is 242 g/mol. The van der Waals surface area contributed by atoms with Crippen molar-refractivity contribution in [1.82, 2.24) is 10.2 Å². The molecule has 0 saturated carbocycles. The van der Waals surface area contributed by atoms with Crippen LogP contribution in [0.1, 0.15) is 39.0 Å². The second kappa shape index (κ2) is 8.48. The van der Waals surface area contributed by atoms with Gasteiger partial charge in [0.15, 0.2) is 0 Å². The van der Waals surface area contributed by atoms with Gasteiger partial charge in [-0.2, -0.15) is 0 Å². The summed E-state index contributed by atoms with van der Waals surface area (Å²) in [6, 6.07) is 0.453. The summed E-state index contributed by atoms with van der Waals surface area (Å²) in [5, 5.41) is 3.13. The van der Waals surface area contributed by atoms with Gasteiger partial charge < -0.3 is 15.0 Å². The molecular formula is C13H26N2O2. The van der Waals surface area contributed by atoms with Crippen molar-refractivity contribution in [3.05, 3.63) is 0 Å². The quantitative estimate of drug-likeness (QED) is 0.716. The molecule has 1 aliphatic rings. The zero-order chi connectivity index (χ0) is 12.5. The standard InChI is InChI=1S/C13H26N2O2/c1-3-12-7-5-4-6-9-15(12)13(16)11-14-8-10-17-2/h12,14H,3-11H2,1-2H3. The molecule has 1 fully saturated rings. The Hall–Kier alpha value is -0.610. The lowest BCUT2D eigenvalue weighted by molar-refractivity contribution is -0.132. The average Bonchev–Trinajstić information content (AvgIpc) is 2.59. The highest BCUT2D eigenvalue weighted by atomic mass is 16.5. The van der Waals surface area contributed by atoms with Gasteiger partial charge in [-0.3, -0.25) is 4.79 Å². The van der Waals surface area contributed by atoms with Crippen LogP contribution >= 0.6 is 0 Å². The molecule has 100 valence electrons. The lowest BCUT2D eigenvalue weighted by Crippen LogP contribution is -2.44. The first kappa shape index (κ1) is 14.5. The summed E-state index contributed by atoms with van der Waals surface area (Å²) in [5.41, 5.74) is 0. The molecule has 0 aliphatic carbocycles. The summed E-state index contributed by atoms with van der Waals surface area (Å²) < 4.78 is 4.94. The van der Waals surface area contributed by atoms with Gasteiger partial charge in [-0.05, 0) is 19.3 Å². The molecule has 0 spiro atoms. The number of carbonyl (C=O) groups is 1. The Morgan fingerprint density at radius 1 is 1.41 bits per heavy atom. The second-order valence-electron chi connectivity index (χ2n) is 4.67. The Kier molecular flexibility index (Phi) is 7.21. The van der Waals surface area contributed by atoms with Crippen molar-refractivity contribution in [3.8, 4) is 0 Å². The van der Waals surface area contributed by atoms with Crippen LogP contribution in [0.25, 0.3) is 0 Å². The summed E-state index contributed by atoms with van der Waals surface area (Å²) in [5.74, 6) is 0.245. The van der Waals surface area contributed by atoms with Crippen LogP contribution in [-0.2, 0) is 9.53 Å². The zero-order valence-corrected chi connectivity index (χ0v) is 11.2. The highest BCUT2D eigenvalue weighted by molar-refractivity contribution is 5.78. The molecule has 0 aromatic heterocycles. The summed E-state index contributed by atoms with van der Waals surface area (Å²) in [7, 11) is 1.67. The van der Waals surface area contributed by atoms with E-state index in [-0.39, 0.29) is 5.91 Å². The Labute approximate surface area is 105 Å². The van der Waals surface area contributed by atoms with Crippen molar-refractivity contribution in [2.24, 2.45) is 0 Å². The van der Waals surface area contributed by atoms with Gasteiger partial charge in [0.25, 0.3) is 0 Å². The van der Waals surface area contributed by atoms with Gasteiger partial charge in [0.1, 0.15) is 0 Å². The predicted octanol–water partition coefficient (Wildman–Crippen LogP) is 1.40. The SMILES string of the molecule is CCC1CCCCCN1C(=O)CNCCOC. The molecule has 4 heteroatoms. The topological polar surface area (TPSA) is 41.6 Å². The lowest BCUT2D eigenvalue weighted by atomic mass is 10.1. The number of rotatable bonds is 6. The Morgan fingerprint density at radius 3 is 2.94 bits per heavy atom. The second-order valence-corrected chi connectivity index (χ2v) is 4.67. The summed E-state index contributed by atoms with van der Waals surface area (Å²) in [6.07, 6.45) is 5.92. The highest BCUT2D eigenvalue weighted by Crippen LogP contribution is 2.18. The van der Waals surface area contributed by atoms with Crippen molar-refractivity contribution in [1.29, 1.82) is 0 Å². The molecule has 0 radical (unpaired) electrons. The van der Waals surface area contributed by atoms with Crippen LogP contribution in [-0.4, -0.2) is 50.2 Å². The van der Waals surface area contributed by atoms with Crippen LogP contribution in [0.4, 0.5) is 0 Å². The number of methoxy groups -OCH3 is 1. The average molecular weight is 242 g/mol. The fourth-order valence-corrected chi connectivity index (χ4v) is 2.40. The number of nitrogens with one attached hydrogen (secondary N) is 1. The van der Waals surface area contributed by atoms with Crippen molar-refractivity contribution in [2.45, 2.75) is 45.1 Å². The molecule has 1 heterocycles.